The molecule has 1 aliphatic rings. The first-order chi connectivity index (χ1) is 17.7. The Labute approximate surface area is 223 Å². The van der Waals surface area contributed by atoms with Gasteiger partial charge in [0.25, 0.3) is 0 Å². The van der Waals surface area contributed by atoms with Crippen LogP contribution in [0, 0.1) is 0 Å². The van der Waals surface area contributed by atoms with E-state index in [1.165, 1.54) is 17.9 Å². The van der Waals surface area contributed by atoms with Crippen molar-refractivity contribution in [3.8, 4) is 0 Å². The molecule has 0 heterocycles. The van der Waals surface area contributed by atoms with Crippen LogP contribution in [0.15, 0.2) is 90.6 Å². The van der Waals surface area contributed by atoms with Crippen LogP contribution < -0.4 is 11.2 Å². The zero-order chi connectivity index (χ0) is 27.3. The molecule has 2 aromatic rings. The lowest BCUT2D eigenvalue weighted by Crippen LogP contribution is -2.24. The summed E-state index contributed by atoms with van der Waals surface area (Å²) in [6.07, 6.45) is 11.2. The highest BCUT2D eigenvalue weighted by Crippen LogP contribution is 2.33. The van der Waals surface area contributed by atoms with Crippen LogP contribution in [0.3, 0.4) is 0 Å². The molecule has 0 fully saturated rings. The molecule has 1 unspecified atom stereocenters. The first-order valence-corrected chi connectivity index (χ1v) is 12.6. The van der Waals surface area contributed by atoms with Gasteiger partial charge in [-0.15, -0.1) is 6.58 Å². The monoisotopic (exact) mass is 525 g/mol. The van der Waals surface area contributed by atoms with Crippen molar-refractivity contribution >= 4 is 29.0 Å². The van der Waals surface area contributed by atoms with E-state index < -0.39 is 11.7 Å². The lowest BCUT2D eigenvalue weighted by atomic mass is 9.96. The summed E-state index contributed by atoms with van der Waals surface area (Å²) in [5.74, 6) is 0. The van der Waals surface area contributed by atoms with E-state index in [4.69, 9.17) is 18.0 Å². The zero-order valence-electron chi connectivity index (χ0n) is 21.3. The lowest BCUT2D eigenvalue weighted by molar-refractivity contribution is -0.138. The molecule has 0 saturated heterocycles. The Bertz CT molecular complexity index is 1160. The molecule has 0 aliphatic heterocycles. The second kappa shape index (κ2) is 15.1. The molecule has 3 rings (SSSR count). The van der Waals surface area contributed by atoms with Crippen molar-refractivity contribution in [1.82, 2.24) is 5.43 Å². The van der Waals surface area contributed by atoms with Crippen molar-refractivity contribution in [3.05, 3.63) is 113 Å². The maximum Gasteiger partial charge on any atom is 0.416 e. The second-order valence-electron chi connectivity index (χ2n) is 8.48. The van der Waals surface area contributed by atoms with Gasteiger partial charge in [0.05, 0.1) is 5.56 Å². The van der Waals surface area contributed by atoms with Gasteiger partial charge in [-0.1, -0.05) is 92.0 Å². The molecule has 0 spiro atoms. The quantitative estimate of drug-likeness (QED) is 0.162. The van der Waals surface area contributed by atoms with Crippen molar-refractivity contribution in [2.24, 2.45) is 10.8 Å². The smallest absolute Gasteiger partial charge is 0.323 e. The molecule has 0 saturated carbocycles. The molecule has 0 amide bonds. The number of aryl methyl sites for hydroxylation is 2. The van der Waals surface area contributed by atoms with E-state index in [1.807, 2.05) is 56.3 Å². The number of alkyl halides is 3. The number of hydrogen-bond acceptors (Lipinski definition) is 3. The van der Waals surface area contributed by atoms with Crippen LogP contribution in [-0.2, 0) is 19.0 Å². The third-order valence-electron chi connectivity index (χ3n) is 5.58. The maximum atomic E-state index is 13.8. The highest BCUT2D eigenvalue weighted by atomic mass is 32.1. The molecule has 2 aromatic carbocycles. The van der Waals surface area contributed by atoms with Crippen LogP contribution in [0.1, 0.15) is 54.5 Å². The third-order valence-corrected chi connectivity index (χ3v) is 5.91. The number of nitrogens with one attached hydrogen (secondary N) is 1. The van der Waals surface area contributed by atoms with Crippen molar-refractivity contribution in [2.75, 3.05) is 0 Å². The lowest BCUT2D eigenvalue weighted by Gasteiger charge is -2.15. The molecule has 3 N–H and O–H groups in total. The standard InChI is InChI=1S/C27H28F3N3S.C3H6/c1-2-24(31)18-32-33-26(34)23-16-15-22(25(17-23)27(28,29)30)14-11-19-9-12-21(13-10-19)20-7-5-3-4-6-8-20;1-3-2/h3-7,9-10,12-13,15-18,24H,2,8,11,14,31H2,1H3,(H,33,34);3H,1H2,2H3/b32-18+;. The topological polar surface area (TPSA) is 50.4 Å². The van der Waals surface area contributed by atoms with Crippen LogP contribution in [0.4, 0.5) is 13.2 Å². The number of nitrogens with two attached hydrogens (primary N) is 1. The molecule has 1 atom stereocenters. The number of thiocarbonyl (C=S) groups is 1. The van der Waals surface area contributed by atoms with Gasteiger partial charge in [0.1, 0.15) is 4.99 Å². The maximum absolute atomic E-state index is 13.8. The van der Waals surface area contributed by atoms with E-state index in [0.717, 1.165) is 23.6 Å². The summed E-state index contributed by atoms with van der Waals surface area (Å²) >= 11 is 5.20. The third kappa shape index (κ3) is 9.94. The molecule has 0 aromatic heterocycles. The highest BCUT2D eigenvalue weighted by Gasteiger charge is 2.33. The fourth-order valence-electron chi connectivity index (χ4n) is 3.52. The average molecular weight is 526 g/mol. The number of allylic oxidation sites excluding steroid dienone is 7. The van der Waals surface area contributed by atoms with E-state index >= 15 is 0 Å². The van der Waals surface area contributed by atoms with Crippen LogP contribution in [0.2, 0.25) is 0 Å². The zero-order valence-corrected chi connectivity index (χ0v) is 22.1. The van der Waals surface area contributed by atoms with Gasteiger partial charge in [0, 0.05) is 17.8 Å². The summed E-state index contributed by atoms with van der Waals surface area (Å²) in [6, 6.07) is 11.9. The molecule has 1 aliphatic carbocycles. The molecule has 3 nitrogen and oxygen atoms in total. The number of benzene rings is 2. The van der Waals surface area contributed by atoms with E-state index in [9.17, 15) is 13.2 Å². The van der Waals surface area contributed by atoms with Crippen molar-refractivity contribution in [3.63, 3.8) is 0 Å². The minimum Gasteiger partial charge on any atom is -0.323 e. The number of hydrazone groups is 1. The molecular weight excluding hydrogens is 491 g/mol. The first kappa shape index (κ1) is 29.9. The van der Waals surface area contributed by atoms with Crippen LogP contribution in [0.25, 0.3) is 5.57 Å². The number of nitrogens with zero attached hydrogens (tertiary/aromatic N) is 1. The SMILES string of the molecule is C=CC.CCC(N)/C=N/NC(=S)c1ccc(CCc2ccc(C3=CC=CC=CC3)cc2)c(C(F)(F)F)c1. The van der Waals surface area contributed by atoms with E-state index in [0.29, 0.717) is 12.8 Å². The average Bonchev–Trinajstić information content (AvgIpc) is 3.17. The summed E-state index contributed by atoms with van der Waals surface area (Å²) in [6.45, 7) is 7.16. The molecular formula is C30H34F3N3S. The summed E-state index contributed by atoms with van der Waals surface area (Å²) in [7, 11) is 0. The first-order valence-electron chi connectivity index (χ1n) is 12.2. The van der Waals surface area contributed by atoms with Gasteiger partial charge in [0.15, 0.2) is 0 Å². The van der Waals surface area contributed by atoms with Gasteiger partial charge in [-0.25, -0.2) is 0 Å². The number of rotatable bonds is 8. The van der Waals surface area contributed by atoms with Crippen molar-refractivity contribution < 1.29 is 13.2 Å². The number of hydrogen-bond donors (Lipinski definition) is 2. The Morgan fingerprint density at radius 2 is 1.84 bits per heavy atom. The highest BCUT2D eigenvalue weighted by molar-refractivity contribution is 7.80. The Morgan fingerprint density at radius 3 is 2.49 bits per heavy atom. The molecule has 7 heteroatoms. The van der Waals surface area contributed by atoms with E-state index in [2.05, 4.69) is 29.3 Å². The van der Waals surface area contributed by atoms with Gasteiger partial charge in [0.2, 0.25) is 0 Å². The summed E-state index contributed by atoms with van der Waals surface area (Å²) in [4.78, 5) is 0.115. The van der Waals surface area contributed by atoms with Gasteiger partial charge in [-0.05, 0) is 60.9 Å². The minimum atomic E-state index is -4.48. The molecule has 37 heavy (non-hydrogen) atoms. The summed E-state index contributed by atoms with van der Waals surface area (Å²) < 4.78 is 41.4. The summed E-state index contributed by atoms with van der Waals surface area (Å²) in [5, 5.41) is 3.92. The van der Waals surface area contributed by atoms with Gasteiger partial charge >= 0.3 is 6.18 Å². The van der Waals surface area contributed by atoms with Crippen molar-refractivity contribution in [1.29, 1.82) is 0 Å². The largest absolute Gasteiger partial charge is 0.416 e. The molecule has 0 radical (unpaired) electrons. The van der Waals surface area contributed by atoms with Gasteiger partial charge in [-0.3, -0.25) is 5.43 Å². The van der Waals surface area contributed by atoms with E-state index in [-0.39, 0.29) is 28.6 Å². The number of halogens is 3. The molecule has 196 valence electrons. The van der Waals surface area contributed by atoms with Crippen LogP contribution in [-0.4, -0.2) is 17.2 Å². The Hall–Kier alpha value is -3.29. The Balaban J connectivity index is 0.00000153. The fourth-order valence-corrected chi connectivity index (χ4v) is 3.70. The Kier molecular flexibility index (Phi) is 12.2. The minimum absolute atomic E-state index is 0.115. The van der Waals surface area contributed by atoms with Crippen LogP contribution >= 0.6 is 12.2 Å². The second-order valence-corrected chi connectivity index (χ2v) is 8.88. The van der Waals surface area contributed by atoms with Crippen LogP contribution in [0.5, 0.6) is 0 Å². The normalized spacial score (nSPS) is 13.8. The predicted molar refractivity (Wildman–Crippen MR) is 154 cm³/mol. The Morgan fingerprint density at radius 1 is 1.14 bits per heavy atom. The predicted octanol–water partition coefficient (Wildman–Crippen LogP) is 7.57. The van der Waals surface area contributed by atoms with Crippen molar-refractivity contribution in [2.45, 2.75) is 51.7 Å². The van der Waals surface area contributed by atoms with E-state index in [1.54, 1.807) is 12.1 Å². The van der Waals surface area contributed by atoms with Gasteiger partial charge < -0.3 is 5.73 Å². The summed E-state index contributed by atoms with van der Waals surface area (Å²) in [5.41, 5.74) is 11.5. The fraction of sp³-hybridized carbons (Fsp3) is 0.267. The molecule has 0 bridgehead atoms. The van der Waals surface area contributed by atoms with Gasteiger partial charge in [-0.2, -0.15) is 18.3 Å².